The lowest BCUT2D eigenvalue weighted by molar-refractivity contribution is 0.312. The van der Waals surface area contributed by atoms with Crippen molar-refractivity contribution < 1.29 is 0 Å². The second kappa shape index (κ2) is 5.05. The van der Waals surface area contributed by atoms with Crippen LogP contribution in [-0.2, 0) is 0 Å². The number of aromatic nitrogens is 5. The molecule has 0 aliphatic carbocycles. The molecule has 1 saturated heterocycles. The maximum absolute atomic E-state index is 4.63. The number of thiophene rings is 1. The number of tetrazole rings is 1. The zero-order chi connectivity index (χ0) is 14.2. The maximum Gasteiger partial charge on any atom is 0.222 e. The van der Waals surface area contributed by atoms with E-state index in [1.165, 1.54) is 0 Å². The van der Waals surface area contributed by atoms with E-state index in [9.17, 15) is 0 Å². The lowest BCUT2D eigenvalue weighted by Gasteiger charge is -2.33. The first-order valence-corrected chi connectivity index (χ1v) is 7.80. The summed E-state index contributed by atoms with van der Waals surface area (Å²) in [6.45, 7) is 3.96. The van der Waals surface area contributed by atoms with Gasteiger partial charge in [-0.15, -0.1) is 5.10 Å². The number of likely N-dealkylation sites (N-methyl/N-ethyl adjacent to an activating group) is 1. The van der Waals surface area contributed by atoms with Crippen molar-refractivity contribution in [3.8, 4) is 11.3 Å². The highest BCUT2D eigenvalue weighted by atomic mass is 32.1. The largest absolute Gasteiger partial charge is 0.351 e. The van der Waals surface area contributed by atoms with Gasteiger partial charge in [-0.3, -0.25) is 0 Å². The highest BCUT2D eigenvalue weighted by Gasteiger charge is 2.21. The highest BCUT2D eigenvalue weighted by Crippen LogP contribution is 2.25. The average Bonchev–Trinajstić information content (AvgIpc) is 3.19. The molecule has 4 heterocycles. The van der Waals surface area contributed by atoms with Gasteiger partial charge in [-0.25, -0.2) is 4.98 Å². The van der Waals surface area contributed by atoms with Gasteiger partial charge in [-0.05, 0) is 28.9 Å². The quantitative estimate of drug-likeness (QED) is 0.704. The van der Waals surface area contributed by atoms with Crippen LogP contribution in [0, 0.1) is 0 Å². The lowest BCUT2D eigenvalue weighted by atomic mass is 10.2. The van der Waals surface area contributed by atoms with Crippen molar-refractivity contribution >= 4 is 22.8 Å². The van der Waals surface area contributed by atoms with E-state index in [1.54, 1.807) is 15.9 Å². The Balaban J connectivity index is 1.78. The van der Waals surface area contributed by atoms with Gasteiger partial charge in [0.25, 0.3) is 0 Å². The van der Waals surface area contributed by atoms with Gasteiger partial charge in [0.15, 0.2) is 5.82 Å². The van der Waals surface area contributed by atoms with Gasteiger partial charge in [-0.1, -0.05) is 0 Å². The molecule has 8 heteroatoms. The van der Waals surface area contributed by atoms with Crippen LogP contribution in [0.5, 0.6) is 0 Å². The Labute approximate surface area is 125 Å². The van der Waals surface area contributed by atoms with E-state index in [-0.39, 0.29) is 0 Å². The molecule has 0 aromatic carbocycles. The summed E-state index contributed by atoms with van der Waals surface area (Å²) in [4.78, 5) is 9.20. The molecule has 1 aliphatic heterocycles. The molecule has 4 rings (SSSR count). The molecule has 1 aliphatic rings. The van der Waals surface area contributed by atoms with Gasteiger partial charge >= 0.3 is 0 Å². The number of nitrogens with zero attached hydrogens (tertiary/aromatic N) is 7. The molecule has 0 amide bonds. The van der Waals surface area contributed by atoms with Crippen molar-refractivity contribution in [3.05, 3.63) is 23.0 Å². The minimum atomic E-state index is 0.725. The molecular formula is C13H15N7S. The van der Waals surface area contributed by atoms with Gasteiger partial charge < -0.3 is 9.80 Å². The molecule has 1 fully saturated rings. The Morgan fingerprint density at radius 1 is 1.19 bits per heavy atom. The zero-order valence-electron chi connectivity index (χ0n) is 11.7. The first-order chi connectivity index (χ1) is 10.3. The Hall–Kier alpha value is -2.06. The molecule has 3 aromatic heterocycles. The molecule has 0 radical (unpaired) electrons. The second-order valence-corrected chi connectivity index (χ2v) is 5.96. The molecule has 0 N–H and O–H groups in total. The van der Waals surface area contributed by atoms with Crippen molar-refractivity contribution in [2.24, 2.45) is 0 Å². The van der Waals surface area contributed by atoms with Gasteiger partial charge in [0, 0.05) is 37.1 Å². The third-order valence-electron chi connectivity index (χ3n) is 3.83. The predicted molar refractivity (Wildman–Crippen MR) is 81.6 cm³/mol. The van der Waals surface area contributed by atoms with E-state index in [4.69, 9.17) is 0 Å². The summed E-state index contributed by atoms with van der Waals surface area (Å²) in [5, 5.41) is 16.2. The van der Waals surface area contributed by atoms with Gasteiger partial charge in [0.1, 0.15) is 0 Å². The number of hydrogen-bond acceptors (Lipinski definition) is 7. The van der Waals surface area contributed by atoms with E-state index in [0.717, 1.165) is 48.9 Å². The van der Waals surface area contributed by atoms with Crippen molar-refractivity contribution in [3.63, 3.8) is 0 Å². The van der Waals surface area contributed by atoms with Crippen LogP contribution in [0.15, 0.2) is 23.0 Å². The maximum atomic E-state index is 4.63. The van der Waals surface area contributed by atoms with Crippen LogP contribution in [0.25, 0.3) is 16.9 Å². The molecule has 0 unspecified atom stereocenters. The topological polar surface area (TPSA) is 62.5 Å². The SMILES string of the molecule is CN1CCN(c2ncc(-c3ccsc3)n3nnnc23)CC1. The first kappa shape index (κ1) is 12.7. The summed E-state index contributed by atoms with van der Waals surface area (Å²) in [5.74, 6) is 0.868. The fraction of sp³-hybridized carbons (Fsp3) is 0.385. The Morgan fingerprint density at radius 3 is 2.81 bits per heavy atom. The Kier molecular flexibility index (Phi) is 3.04. The Morgan fingerprint density at radius 2 is 2.05 bits per heavy atom. The van der Waals surface area contributed by atoms with Gasteiger partial charge in [0.2, 0.25) is 5.65 Å². The van der Waals surface area contributed by atoms with Gasteiger partial charge in [0.05, 0.1) is 11.9 Å². The Bertz CT molecular complexity index is 743. The molecule has 21 heavy (non-hydrogen) atoms. The summed E-state index contributed by atoms with van der Waals surface area (Å²) in [6.07, 6.45) is 1.86. The second-order valence-electron chi connectivity index (χ2n) is 5.18. The molecule has 108 valence electrons. The number of hydrogen-bond donors (Lipinski definition) is 0. The van der Waals surface area contributed by atoms with E-state index >= 15 is 0 Å². The van der Waals surface area contributed by atoms with E-state index in [0.29, 0.717) is 0 Å². The molecule has 0 bridgehead atoms. The third kappa shape index (κ3) is 2.16. The molecule has 3 aromatic rings. The minimum Gasteiger partial charge on any atom is -0.351 e. The number of fused-ring (bicyclic) bond motifs is 1. The number of rotatable bonds is 2. The minimum absolute atomic E-state index is 0.725. The summed E-state index contributed by atoms with van der Waals surface area (Å²) < 4.78 is 1.78. The molecule has 0 atom stereocenters. The van der Waals surface area contributed by atoms with E-state index in [2.05, 4.69) is 48.8 Å². The smallest absolute Gasteiger partial charge is 0.222 e. The number of piperazine rings is 1. The van der Waals surface area contributed by atoms with Crippen LogP contribution in [0.4, 0.5) is 5.82 Å². The molecule has 0 spiro atoms. The van der Waals surface area contributed by atoms with Crippen molar-refractivity contribution in [1.29, 1.82) is 0 Å². The third-order valence-corrected chi connectivity index (χ3v) is 4.51. The molecular weight excluding hydrogens is 286 g/mol. The van der Waals surface area contributed by atoms with E-state index in [1.807, 2.05) is 11.6 Å². The zero-order valence-corrected chi connectivity index (χ0v) is 12.5. The van der Waals surface area contributed by atoms with Crippen molar-refractivity contribution in [1.82, 2.24) is 29.9 Å². The fourth-order valence-electron chi connectivity index (χ4n) is 2.57. The highest BCUT2D eigenvalue weighted by molar-refractivity contribution is 7.08. The predicted octanol–water partition coefficient (Wildman–Crippen LogP) is 1.000. The van der Waals surface area contributed by atoms with Crippen LogP contribution in [0.3, 0.4) is 0 Å². The lowest BCUT2D eigenvalue weighted by Crippen LogP contribution is -2.45. The summed E-state index contributed by atoms with van der Waals surface area (Å²) in [5.41, 5.74) is 2.74. The van der Waals surface area contributed by atoms with Crippen molar-refractivity contribution in [2.75, 3.05) is 38.1 Å². The van der Waals surface area contributed by atoms with Crippen LogP contribution in [0.1, 0.15) is 0 Å². The normalized spacial score (nSPS) is 16.7. The van der Waals surface area contributed by atoms with Crippen LogP contribution in [0.2, 0.25) is 0 Å². The van der Waals surface area contributed by atoms with Crippen LogP contribution < -0.4 is 4.90 Å². The number of anilines is 1. The van der Waals surface area contributed by atoms with Crippen LogP contribution >= 0.6 is 11.3 Å². The summed E-state index contributed by atoms with van der Waals surface area (Å²) in [7, 11) is 2.14. The van der Waals surface area contributed by atoms with Crippen molar-refractivity contribution in [2.45, 2.75) is 0 Å². The average molecular weight is 301 g/mol. The summed E-state index contributed by atoms with van der Waals surface area (Å²) >= 11 is 1.65. The molecule has 0 saturated carbocycles. The molecule has 7 nitrogen and oxygen atoms in total. The van der Waals surface area contributed by atoms with E-state index < -0.39 is 0 Å². The fourth-order valence-corrected chi connectivity index (χ4v) is 3.22. The standard InChI is InChI=1S/C13H15N7S/c1-18-3-5-19(6-4-18)12-13-15-16-17-20(13)11(8-14-12)10-2-7-21-9-10/h2,7-9H,3-6H2,1H3. The first-order valence-electron chi connectivity index (χ1n) is 6.86. The summed E-state index contributed by atoms with van der Waals surface area (Å²) in [6, 6.07) is 2.05. The monoisotopic (exact) mass is 301 g/mol. The van der Waals surface area contributed by atoms with Gasteiger partial charge in [-0.2, -0.15) is 15.9 Å². The van der Waals surface area contributed by atoms with Crippen LogP contribution in [-0.4, -0.2) is 63.2 Å².